The van der Waals surface area contributed by atoms with Crippen molar-refractivity contribution in [2.24, 2.45) is 0 Å². The van der Waals surface area contributed by atoms with Crippen LogP contribution in [0.2, 0.25) is 0 Å². The third-order valence-corrected chi connectivity index (χ3v) is 4.49. The van der Waals surface area contributed by atoms with Crippen molar-refractivity contribution in [3.8, 4) is 22.2 Å². The number of thiazole rings is 1. The second kappa shape index (κ2) is 7.95. The molecule has 0 fully saturated rings. The highest BCUT2D eigenvalue weighted by molar-refractivity contribution is 7.19. The van der Waals surface area contributed by atoms with Crippen molar-refractivity contribution in [3.05, 3.63) is 41.9 Å². The first-order chi connectivity index (χ1) is 13.7. The minimum atomic E-state index is -4.84. The van der Waals surface area contributed by atoms with Crippen molar-refractivity contribution in [2.45, 2.75) is 6.18 Å². The largest absolute Gasteiger partial charge is 0.480 e. The molecule has 0 saturated carbocycles. The molecule has 0 radical (unpaired) electrons. The number of alkyl halides is 3. The van der Waals surface area contributed by atoms with E-state index in [1.165, 1.54) is 14.2 Å². The number of methoxy groups -OCH3 is 2. The van der Waals surface area contributed by atoms with Crippen molar-refractivity contribution in [3.63, 3.8) is 0 Å². The molecule has 0 saturated heterocycles. The summed E-state index contributed by atoms with van der Waals surface area (Å²) in [7, 11) is 2.50. The number of aromatic nitrogens is 4. The zero-order valence-electron chi connectivity index (χ0n) is 14.7. The molecule has 0 atom stereocenters. The Hall–Kier alpha value is -3.35. The second-order valence-electron chi connectivity index (χ2n) is 5.31. The summed E-state index contributed by atoms with van der Waals surface area (Å²) in [5, 5.41) is 1.86. The lowest BCUT2D eigenvalue weighted by molar-refractivity contribution is -0.140. The van der Waals surface area contributed by atoms with Crippen LogP contribution in [0.3, 0.4) is 0 Å². The van der Waals surface area contributed by atoms with Gasteiger partial charge in [-0.15, -0.1) is 0 Å². The number of rotatable bonds is 5. The van der Waals surface area contributed by atoms with Crippen LogP contribution in [0.25, 0.3) is 10.4 Å². The molecular formula is C16H11F4N5O3S. The highest BCUT2D eigenvalue weighted by Gasteiger charge is 2.38. The molecule has 8 nitrogen and oxygen atoms in total. The smallest absolute Gasteiger partial charge is 0.434 e. The zero-order chi connectivity index (χ0) is 21.2. The maximum absolute atomic E-state index is 13.4. The van der Waals surface area contributed by atoms with Gasteiger partial charge in [-0.25, -0.2) is 19.3 Å². The molecule has 0 aliphatic heterocycles. The van der Waals surface area contributed by atoms with Crippen molar-refractivity contribution in [1.82, 2.24) is 19.9 Å². The number of hydrogen-bond acceptors (Lipinski definition) is 8. The number of amides is 1. The van der Waals surface area contributed by atoms with E-state index >= 15 is 0 Å². The molecule has 0 aliphatic carbocycles. The molecule has 3 heterocycles. The molecule has 13 heteroatoms. The highest BCUT2D eigenvalue weighted by Crippen LogP contribution is 2.42. The molecule has 3 aromatic heterocycles. The van der Waals surface area contributed by atoms with Gasteiger partial charge in [-0.1, -0.05) is 11.3 Å². The molecule has 1 N–H and O–H groups in total. The van der Waals surface area contributed by atoms with Crippen molar-refractivity contribution in [1.29, 1.82) is 0 Å². The van der Waals surface area contributed by atoms with E-state index in [2.05, 4.69) is 25.3 Å². The van der Waals surface area contributed by atoms with Gasteiger partial charge in [0.1, 0.15) is 12.1 Å². The first-order valence-corrected chi connectivity index (χ1v) is 8.49. The lowest BCUT2D eigenvalue weighted by atomic mass is 10.2. The summed E-state index contributed by atoms with van der Waals surface area (Å²) in [6.45, 7) is 0. The third-order valence-electron chi connectivity index (χ3n) is 3.47. The number of nitrogens with one attached hydrogen (secondary N) is 1. The van der Waals surface area contributed by atoms with Gasteiger partial charge in [0.15, 0.2) is 16.4 Å². The lowest BCUT2D eigenvalue weighted by Crippen LogP contribution is -2.16. The Morgan fingerprint density at radius 1 is 1.14 bits per heavy atom. The molecule has 3 rings (SSSR count). The van der Waals surface area contributed by atoms with Gasteiger partial charge in [-0.2, -0.15) is 13.2 Å². The van der Waals surface area contributed by atoms with Crippen LogP contribution >= 0.6 is 11.3 Å². The molecule has 0 unspecified atom stereocenters. The van der Waals surface area contributed by atoms with E-state index in [1.807, 2.05) is 0 Å². The Balaban J connectivity index is 2.02. The van der Waals surface area contributed by atoms with E-state index < -0.39 is 28.5 Å². The SMILES string of the molecule is COc1ncnc(OC)c1C(=O)Nc1nc(C(F)(F)F)c(-c2cncc(F)c2)s1. The average Bonchev–Trinajstić information content (AvgIpc) is 3.11. The molecule has 0 bridgehead atoms. The molecule has 152 valence electrons. The van der Waals surface area contributed by atoms with Gasteiger partial charge >= 0.3 is 6.18 Å². The topological polar surface area (TPSA) is 99.1 Å². The average molecular weight is 429 g/mol. The highest BCUT2D eigenvalue weighted by atomic mass is 32.1. The number of halogens is 4. The van der Waals surface area contributed by atoms with Crippen LogP contribution in [0.5, 0.6) is 11.8 Å². The molecule has 29 heavy (non-hydrogen) atoms. The number of carbonyl (C=O) groups is 1. The standard InChI is InChI=1S/C16H11F4N5O3S/c1-27-13-9(14(28-2)23-6-22-13)12(26)25-15-24-11(16(18,19)20)10(29-15)7-3-8(17)5-21-4-7/h3-6H,1-2H3,(H,24,25,26). The fourth-order valence-electron chi connectivity index (χ4n) is 2.32. The van der Waals surface area contributed by atoms with Gasteiger partial charge in [0.05, 0.1) is 25.3 Å². The van der Waals surface area contributed by atoms with Crippen molar-refractivity contribution in [2.75, 3.05) is 19.5 Å². The van der Waals surface area contributed by atoms with Gasteiger partial charge < -0.3 is 9.47 Å². The summed E-state index contributed by atoms with van der Waals surface area (Å²) >= 11 is 0.506. The summed E-state index contributed by atoms with van der Waals surface area (Å²) in [5.41, 5.74) is -1.64. The number of carbonyl (C=O) groups excluding carboxylic acids is 1. The maximum atomic E-state index is 13.4. The number of pyridine rings is 1. The van der Waals surface area contributed by atoms with Gasteiger partial charge in [-0.3, -0.25) is 15.1 Å². The lowest BCUT2D eigenvalue weighted by Gasteiger charge is -2.09. The Labute approximate surface area is 164 Å². The Morgan fingerprint density at radius 2 is 1.79 bits per heavy atom. The van der Waals surface area contributed by atoms with Crippen LogP contribution in [0.15, 0.2) is 24.8 Å². The monoisotopic (exact) mass is 429 g/mol. The summed E-state index contributed by atoms with van der Waals surface area (Å²) in [6.07, 6.45) is -1.83. The summed E-state index contributed by atoms with van der Waals surface area (Å²) < 4.78 is 63.6. The second-order valence-corrected chi connectivity index (χ2v) is 6.31. The Kier molecular flexibility index (Phi) is 5.59. The minimum Gasteiger partial charge on any atom is -0.480 e. The summed E-state index contributed by atoms with van der Waals surface area (Å²) in [6, 6.07) is 0.887. The zero-order valence-corrected chi connectivity index (χ0v) is 15.6. The van der Waals surface area contributed by atoms with Crippen molar-refractivity contribution < 1.29 is 31.8 Å². The van der Waals surface area contributed by atoms with E-state index in [0.29, 0.717) is 11.3 Å². The Bertz CT molecular complexity index is 1040. The quantitative estimate of drug-likeness (QED) is 0.621. The normalized spacial score (nSPS) is 11.2. The van der Waals surface area contributed by atoms with Gasteiger partial charge in [0, 0.05) is 11.8 Å². The molecule has 0 aliphatic rings. The number of anilines is 1. The van der Waals surface area contributed by atoms with Gasteiger partial charge in [-0.05, 0) is 6.07 Å². The van der Waals surface area contributed by atoms with Crippen LogP contribution < -0.4 is 14.8 Å². The third kappa shape index (κ3) is 4.23. The van der Waals surface area contributed by atoms with Crippen LogP contribution in [0.1, 0.15) is 16.1 Å². The fourth-order valence-corrected chi connectivity index (χ4v) is 3.28. The van der Waals surface area contributed by atoms with Crippen LogP contribution in [0, 0.1) is 5.82 Å². The van der Waals surface area contributed by atoms with Crippen LogP contribution in [-0.4, -0.2) is 40.1 Å². The number of nitrogens with zero attached hydrogens (tertiary/aromatic N) is 4. The molecule has 0 aromatic carbocycles. The van der Waals surface area contributed by atoms with Crippen LogP contribution in [0.4, 0.5) is 22.7 Å². The van der Waals surface area contributed by atoms with E-state index in [0.717, 1.165) is 24.8 Å². The number of ether oxygens (including phenoxy) is 2. The maximum Gasteiger partial charge on any atom is 0.434 e. The first kappa shape index (κ1) is 20.4. The molecule has 0 spiro atoms. The predicted molar refractivity (Wildman–Crippen MR) is 93.4 cm³/mol. The Morgan fingerprint density at radius 3 is 2.34 bits per heavy atom. The minimum absolute atomic E-state index is 0.131. The van der Waals surface area contributed by atoms with E-state index in [4.69, 9.17) is 9.47 Å². The van der Waals surface area contributed by atoms with Crippen molar-refractivity contribution >= 4 is 22.4 Å². The first-order valence-electron chi connectivity index (χ1n) is 7.67. The fraction of sp³-hybridized carbons (Fsp3) is 0.188. The van der Waals surface area contributed by atoms with E-state index in [9.17, 15) is 22.4 Å². The van der Waals surface area contributed by atoms with Crippen LogP contribution in [-0.2, 0) is 6.18 Å². The van der Waals surface area contributed by atoms with Gasteiger partial charge in [0.2, 0.25) is 11.8 Å². The number of hydrogen-bond donors (Lipinski definition) is 1. The van der Waals surface area contributed by atoms with E-state index in [-0.39, 0.29) is 28.0 Å². The molecule has 3 aromatic rings. The summed E-state index contributed by atoms with van der Waals surface area (Å²) in [4.78, 5) is 26.7. The molecule has 1 amide bonds. The van der Waals surface area contributed by atoms with Gasteiger partial charge in [0.25, 0.3) is 5.91 Å². The summed E-state index contributed by atoms with van der Waals surface area (Å²) in [5.74, 6) is -2.00. The predicted octanol–water partition coefficient (Wildman–Crippen LogP) is 3.42. The van der Waals surface area contributed by atoms with E-state index in [1.54, 1.807) is 0 Å². The molecular weight excluding hydrogens is 418 g/mol.